The quantitative estimate of drug-likeness (QED) is 0.400. The molecule has 0 bridgehead atoms. The van der Waals surface area contributed by atoms with Crippen LogP contribution in [-0.2, 0) is 18.3 Å². The van der Waals surface area contributed by atoms with Gasteiger partial charge in [0.15, 0.2) is 6.61 Å². The number of carbonyl (C=O) groups is 2. The van der Waals surface area contributed by atoms with Crippen LogP contribution in [0.3, 0.4) is 0 Å². The fourth-order valence-corrected chi connectivity index (χ4v) is 3.63. The third-order valence-corrected chi connectivity index (χ3v) is 5.36. The van der Waals surface area contributed by atoms with Gasteiger partial charge in [-0.25, -0.2) is 4.98 Å². The Labute approximate surface area is 197 Å². The van der Waals surface area contributed by atoms with E-state index in [0.29, 0.717) is 35.7 Å². The molecule has 1 heterocycles. The molecule has 2 N–H and O–H groups in total. The largest absolute Gasteiger partial charge is 0.496 e. The lowest BCUT2D eigenvalue weighted by Crippen LogP contribution is -2.26. The lowest BCUT2D eigenvalue weighted by molar-refractivity contribution is -0.118. The van der Waals surface area contributed by atoms with Crippen molar-refractivity contribution in [2.45, 2.75) is 6.42 Å². The van der Waals surface area contributed by atoms with Crippen LogP contribution < -0.4 is 20.1 Å². The van der Waals surface area contributed by atoms with E-state index in [9.17, 15) is 9.59 Å². The number of hydrogen-bond acceptors (Lipinski definition) is 5. The Hall–Kier alpha value is -4.33. The van der Waals surface area contributed by atoms with Crippen molar-refractivity contribution in [1.82, 2.24) is 14.9 Å². The highest BCUT2D eigenvalue weighted by atomic mass is 16.5. The molecule has 0 fully saturated rings. The molecule has 0 aliphatic heterocycles. The van der Waals surface area contributed by atoms with Gasteiger partial charge >= 0.3 is 0 Å². The van der Waals surface area contributed by atoms with Gasteiger partial charge in [-0.05, 0) is 42.5 Å². The Morgan fingerprint density at radius 3 is 2.56 bits per heavy atom. The van der Waals surface area contributed by atoms with Crippen LogP contribution in [0.1, 0.15) is 16.2 Å². The number of aryl methyl sites for hydroxylation is 1. The number of carbonyl (C=O) groups excluding carboxylic acids is 2. The number of nitrogens with one attached hydrogen (secondary N) is 2. The van der Waals surface area contributed by atoms with Gasteiger partial charge in [-0.3, -0.25) is 9.59 Å². The highest BCUT2D eigenvalue weighted by molar-refractivity contribution is 5.97. The number of benzene rings is 3. The van der Waals surface area contributed by atoms with E-state index in [1.165, 1.54) is 0 Å². The van der Waals surface area contributed by atoms with E-state index >= 15 is 0 Å². The molecule has 4 rings (SSSR count). The van der Waals surface area contributed by atoms with Crippen LogP contribution in [0, 0.1) is 0 Å². The fourth-order valence-electron chi connectivity index (χ4n) is 3.63. The van der Waals surface area contributed by atoms with Crippen molar-refractivity contribution in [3.63, 3.8) is 0 Å². The van der Waals surface area contributed by atoms with Gasteiger partial charge in [-0.15, -0.1) is 0 Å². The van der Waals surface area contributed by atoms with Gasteiger partial charge in [0.25, 0.3) is 11.8 Å². The summed E-state index contributed by atoms with van der Waals surface area (Å²) in [4.78, 5) is 29.4. The molecular weight excluding hydrogens is 432 g/mol. The summed E-state index contributed by atoms with van der Waals surface area (Å²) in [6, 6.07) is 21.9. The Kier molecular flexibility index (Phi) is 7.07. The van der Waals surface area contributed by atoms with E-state index in [1.807, 2.05) is 54.1 Å². The Bertz CT molecular complexity index is 1300. The maximum atomic E-state index is 12.5. The maximum Gasteiger partial charge on any atom is 0.262 e. The molecule has 0 aliphatic rings. The molecule has 2 amide bonds. The predicted molar refractivity (Wildman–Crippen MR) is 130 cm³/mol. The molecule has 0 unspecified atom stereocenters. The van der Waals surface area contributed by atoms with Crippen LogP contribution in [0.15, 0.2) is 72.8 Å². The molecule has 0 saturated heterocycles. The maximum absolute atomic E-state index is 12.5. The molecular formula is C26H26N4O4. The lowest BCUT2D eigenvalue weighted by Gasteiger charge is -2.09. The number of imidazole rings is 1. The summed E-state index contributed by atoms with van der Waals surface area (Å²) in [6.45, 7) is 0.343. The van der Waals surface area contributed by atoms with Crippen molar-refractivity contribution >= 4 is 28.5 Å². The second-order valence-electron chi connectivity index (χ2n) is 7.65. The summed E-state index contributed by atoms with van der Waals surface area (Å²) >= 11 is 0. The highest BCUT2D eigenvalue weighted by Gasteiger charge is 2.13. The van der Waals surface area contributed by atoms with Crippen molar-refractivity contribution in [1.29, 1.82) is 0 Å². The molecule has 8 heteroatoms. The zero-order valence-electron chi connectivity index (χ0n) is 19.1. The first-order valence-corrected chi connectivity index (χ1v) is 10.9. The number of para-hydroxylation sites is 2. The molecule has 0 saturated carbocycles. The monoisotopic (exact) mass is 458 g/mol. The van der Waals surface area contributed by atoms with Gasteiger partial charge in [-0.1, -0.05) is 30.3 Å². The van der Waals surface area contributed by atoms with Gasteiger partial charge in [0.05, 0.1) is 23.7 Å². The molecule has 0 aliphatic carbocycles. The van der Waals surface area contributed by atoms with Crippen LogP contribution >= 0.6 is 0 Å². The Balaban J connectivity index is 1.35. The smallest absolute Gasteiger partial charge is 0.262 e. The van der Waals surface area contributed by atoms with Crippen molar-refractivity contribution < 1.29 is 19.1 Å². The molecule has 1 aromatic heterocycles. The van der Waals surface area contributed by atoms with E-state index in [1.54, 1.807) is 37.4 Å². The van der Waals surface area contributed by atoms with Crippen molar-refractivity contribution in [2.24, 2.45) is 7.05 Å². The first-order valence-electron chi connectivity index (χ1n) is 10.9. The second kappa shape index (κ2) is 10.5. The Morgan fingerprint density at radius 2 is 1.76 bits per heavy atom. The normalized spacial score (nSPS) is 10.6. The standard InChI is InChI=1S/C26H26N4O4/c1-30-22-13-12-18(28-25(31)17-34-19-8-4-3-5-9-19)16-21(22)29-24(30)14-15-27-26(32)20-10-6-7-11-23(20)33-2/h3-13,16H,14-15,17H2,1-2H3,(H,27,32)(H,28,31). The van der Waals surface area contributed by atoms with Crippen LogP contribution in [-0.4, -0.2) is 41.6 Å². The molecule has 0 spiro atoms. The molecule has 8 nitrogen and oxygen atoms in total. The number of hydrogen-bond donors (Lipinski definition) is 2. The summed E-state index contributed by atoms with van der Waals surface area (Å²) < 4.78 is 12.7. The summed E-state index contributed by atoms with van der Waals surface area (Å²) in [5.74, 6) is 1.55. The first kappa shape index (κ1) is 22.8. The number of nitrogens with zero attached hydrogens (tertiary/aromatic N) is 2. The number of fused-ring (bicyclic) bond motifs is 1. The number of ether oxygens (including phenoxy) is 2. The van der Waals surface area contributed by atoms with Crippen LogP contribution in [0.4, 0.5) is 5.69 Å². The molecule has 4 aromatic rings. The SMILES string of the molecule is COc1ccccc1C(=O)NCCc1nc2cc(NC(=O)COc3ccccc3)ccc2n1C. The molecule has 174 valence electrons. The molecule has 0 radical (unpaired) electrons. The van der Waals surface area contributed by atoms with Gasteiger partial charge < -0.3 is 24.7 Å². The second-order valence-corrected chi connectivity index (χ2v) is 7.65. The number of methoxy groups -OCH3 is 1. The van der Waals surface area contributed by atoms with Gasteiger partial charge in [0.2, 0.25) is 0 Å². The number of anilines is 1. The van der Waals surface area contributed by atoms with E-state index in [4.69, 9.17) is 9.47 Å². The predicted octanol–water partition coefficient (Wildman–Crippen LogP) is 3.57. The zero-order valence-corrected chi connectivity index (χ0v) is 19.1. The summed E-state index contributed by atoms with van der Waals surface area (Å²) in [5, 5.41) is 5.75. The summed E-state index contributed by atoms with van der Waals surface area (Å²) in [7, 11) is 3.47. The lowest BCUT2D eigenvalue weighted by atomic mass is 10.2. The number of aromatic nitrogens is 2. The van der Waals surface area contributed by atoms with Crippen molar-refractivity contribution in [2.75, 3.05) is 25.6 Å². The zero-order chi connectivity index (χ0) is 23.9. The van der Waals surface area contributed by atoms with Crippen molar-refractivity contribution in [3.05, 3.63) is 84.2 Å². The van der Waals surface area contributed by atoms with E-state index in [0.717, 1.165) is 16.9 Å². The van der Waals surface area contributed by atoms with E-state index in [-0.39, 0.29) is 18.4 Å². The first-order chi connectivity index (χ1) is 16.5. The van der Waals surface area contributed by atoms with Crippen molar-refractivity contribution in [3.8, 4) is 11.5 Å². The third kappa shape index (κ3) is 5.35. The third-order valence-electron chi connectivity index (χ3n) is 5.36. The summed E-state index contributed by atoms with van der Waals surface area (Å²) in [6.07, 6.45) is 0.554. The highest BCUT2D eigenvalue weighted by Crippen LogP contribution is 2.20. The molecule has 0 atom stereocenters. The Morgan fingerprint density at radius 1 is 1.00 bits per heavy atom. The van der Waals surface area contributed by atoms with Gasteiger partial charge in [0, 0.05) is 25.7 Å². The number of amides is 2. The topological polar surface area (TPSA) is 94.5 Å². The number of rotatable bonds is 9. The minimum absolute atomic E-state index is 0.0819. The minimum atomic E-state index is -0.251. The van der Waals surface area contributed by atoms with Crippen LogP contribution in [0.25, 0.3) is 11.0 Å². The van der Waals surface area contributed by atoms with Gasteiger partial charge in [0.1, 0.15) is 17.3 Å². The minimum Gasteiger partial charge on any atom is -0.496 e. The van der Waals surface area contributed by atoms with Gasteiger partial charge in [-0.2, -0.15) is 0 Å². The van der Waals surface area contributed by atoms with Crippen LogP contribution in [0.2, 0.25) is 0 Å². The summed E-state index contributed by atoms with van der Waals surface area (Å²) in [5.41, 5.74) is 2.83. The molecule has 3 aromatic carbocycles. The average molecular weight is 459 g/mol. The van der Waals surface area contributed by atoms with E-state index in [2.05, 4.69) is 15.6 Å². The average Bonchev–Trinajstić information content (AvgIpc) is 3.17. The fraction of sp³-hybridized carbons (Fsp3) is 0.192. The molecule has 34 heavy (non-hydrogen) atoms. The van der Waals surface area contributed by atoms with E-state index < -0.39 is 0 Å². The van der Waals surface area contributed by atoms with Crippen LogP contribution in [0.5, 0.6) is 11.5 Å².